The lowest BCUT2D eigenvalue weighted by Crippen LogP contribution is -2.01. The summed E-state index contributed by atoms with van der Waals surface area (Å²) < 4.78 is 4.34. The van der Waals surface area contributed by atoms with Crippen molar-refractivity contribution in [3.63, 3.8) is 0 Å². The van der Waals surface area contributed by atoms with Crippen molar-refractivity contribution in [2.45, 2.75) is 6.61 Å². The third-order valence-electron chi connectivity index (χ3n) is 1.49. The van der Waals surface area contributed by atoms with Gasteiger partial charge in [0, 0.05) is 5.56 Å². The third kappa shape index (κ3) is 2.49. The number of hydrogen-bond donors (Lipinski definition) is 1. The summed E-state index contributed by atoms with van der Waals surface area (Å²) >= 11 is 0. The summed E-state index contributed by atoms with van der Waals surface area (Å²) in [5.74, 6) is 0. The topological polar surface area (TPSA) is 70.3 Å². The van der Waals surface area contributed by atoms with Crippen LogP contribution in [0.3, 0.4) is 0 Å². The molecule has 66 valence electrons. The maximum Gasteiger partial charge on any atom is 0.506 e. The number of carboxylic acid groups (broad SMARTS) is 1. The normalized spacial score (nSPS) is 8.85. The molecule has 0 aliphatic rings. The smallest absolute Gasteiger partial charge is 0.450 e. The van der Waals surface area contributed by atoms with E-state index in [4.69, 9.17) is 10.4 Å². The molecule has 0 aromatic heterocycles. The first-order valence-electron chi connectivity index (χ1n) is 3.58. The van der Waals surface area contributed by atoms with Gasteiger partial charge in [-0.05, 0) is 6.07 Å². The van der Waals surface area contributed by atoms with Gasteiger partial charge in [-0.3, -0.25) is 0 Å². The Morgan fingerprint density at radius 3 is 2.85 bits per heavy atom. The Morgan fingerprint density at radius 1 is 1.54 bits per heavy atom. The van der Waals surface area contributed by atoms with Crippen LogP contribution in [0.1, 0.15) is 11.1 Å². The minimum absolute atomic E-state index is 0.0843. The molecule has 1 aromatic carbocycles. The molecule has 0 spiro atoms. The first kappa shape index (κ1) is 9.07. The quantitative estimate of drug-likeness (QED) is 0.698. The Morgan fingerprint density at radius 2 is 2.23 bits per heavy atom. The van der Waals surface area contributed by atoms with E-state index in [9.17, 15) is 4.79 Å². The van der Waals surface area contributed by atoms with Gasteiger partial charge in [-0.15, -0.1) is 0 Å². The SMILES string of the molecule is N#Cc1ccccc1COC(=O)O. The summed E-state index contributed by atoms with van der Waals surface area (Å²) in [4.78, 5) is 10.1. The fraction of sp³-hybridized carbons (Fsp3) is 0.111. The van der Waals surface area contributed by atoms with Crippen LogP contribution < -0.4 is 0 Å². The lowest BCUT2D eigenvalue weighted by molar-refractivity contribution is 0.0853. The van der Waals surface area contributed by atoms with Crippen molar-refractivity contribution in [3.05, 3.63) is 35.4 Å². The molecule has 0 heterocycles. The number of benzene rings is 1. The van der Waals surface area contributed by atoms with Crippen LogP contribution >= 0.6 is 0 Å². The molecule has 4 nitrogen and oxygen atoms in total. The summed E-state index contributed by atoms with van der Waals surface area (Å²) in [7, 11) is 0. The fourth-order valence-electron chi connectivity index (χ4n) is 0.895. The van der Waals surface area contributed by atoms with Crippen molar-refractivity contribution < 1.29 is 14.6 Å². The van der Waals surface area contributed by atoms with Gasteiger partial charge in [0.2, 0.25) is 0 Å². The van der Waals surface area contributed by atoms with Crippen LogP contribution in [-0.2, 0) is 11.3 Å². The highest BCUT2D eigenvalue weighted by Crippen LogP contribution is 2.08. The summed E-state index contributed by atoms with van der Waals surface area (Å²) in [5, 5.41) is 16.9. The van der Waals surface area contributed by atoms with Gasteiger partial charge in [0.05, 0.1) is 11.6 Å². The number of carbonyl (C=O) groups is 1. The second kappa shape index (κ2) is 4.12. The van der Waals surface area contributed by atoms with E-state index in [2.05, 4.69) is 4.74 Å². The first-order chi connectivity index (χ1) is 6.24. The van der Waals surface area contributed by atoms with Gasteiger partial charge in [-0.25, -0.2) is 4.79 Å². The average molecular weight is 177 g/mol. The lowest BCUT2D eigenvalue weighted by atomic mass is 10.1. The molecule has 0 unspecified atom stereocenters. The zero-order valence-corrected chi connectivity index (χ0v) is 6.73. The molecule has 1 aromatic rings. The largest absolute Gasteiger partial charge is 0.506 e. The molecule has 0 fully saturated rings. The van der Waals surface area contributed by atoms with E-state index in [1.54, 1.807) is 24.3 Å². The van der Waals surface area contributed by atoms with Crippen molar-refractivity contribution in [2.75, 3.05) is 0 Å². The van der Waals surface area contributed by atoms with E-state index in [-0.39, 0.29) is 6.61 Å². The van der Waals surface area contributed by atoms with E-state index in [0.717, 1.165) is 0 Å². The minimum atomic E-state index is -1.34. The summed E-state index contributed by atoms with van der Waals surface area (Å²) in [6.45, 7) is -0.0843. The zero-order chi connectivity index (χ0) is 9.68. The molecule has 0 radical (unpaired) electrons. The first-order valence-corrected chi connectivity index (χ1v) is 3.58. The number of ether oxygens (including phenoxy) is 1. The van der Waals surface area contributed by atoms with Crippen LogP contribution in [0.25, 0.3) is 0 Å². The standard InChI is InChI=1S/C9H7NO3/c10-5-7-3-1-2-4-8(7)6-13-9(11)12/h1-4H,6H2,(H,11,12). The van der Waals surface area contributed by atoms with Crippen molar-refractivity contribution in [2.24, 2.45) is 0 Å². The van der Waals surface area contributed by atoms with Gasteiger partial charge in [0.1, 0.15) is 6.61 Å². The van der Waals surface area contributed by atoms with Crippen molar-refractivity contribution in [1.29, 1.82) is 5.26 Å². The van der Waals surface area contributed by atoms with Crippen molar-refractivity contribution >= 4 is 6.16 Å². The highest BCUT2D eigenvalue weighted by molar-refractivity contribution is 5.57. The molecule has 0 aliphatic carbocycles. The number of nitriles is 1. The predicted molar refractivity (Wildman–Crippen MR) is 44.0 cm³/mol. The molecule has 0 saturated carbocycles. The molecule has 4 heteroatoms. The van der Waals surface area contributed by atoms with Crippen LogP contribution in [0.5, 0.6) is 0 Å². The van der Waals surface area contributed by atoms with E-state index in [1.807, 2.05) is 6.07 Å². The molecule has 0 aliphatic heterocycles. The molecule has 0 amide bonds. The van der Waals surface area contributed by atoms with Gasteiger partial charge in [-0.2, -0.15) is 5.26 Å². The van der Waals surface area contributed by atoms with E-state index in [1.165, 1.54) is 0 Å². The molecular formula is C9H7NO3. The Labute approximate surface area is 75.0 Å². The number of nitrogens with zero attached hydrogens (tertiary/aromatic N) is 1. The van der Waals surface area contributed by atoms with Gasteiger partial charge in [0.25, 0.3) is 0 Å². The maximum absolute atomic E-state index is 10.1. The van der Waals surface area contributed by atoms with Crippen LogP contribution in [0.15, 0.2) is 24.3 Å². The van der Waals surface area contributed by atoms with Gasteiger partial charge in [-0.1, -0.05) is 18.2 Å². The summed E-state index contributed by atoms with van der Waals surface area (Å²) in [6, 6.07) is 8.65. The predicted octanol–water partition coefficient (Wildman–Crippen LogP) is 1.75. The molecule has 0 saturated heterocycles. The second-order valence-electron chi connectivity index (χ2n) is 2.32. The molecule has 0 bridgehead atoms. The molecule has 0 atom stereocenters. The molecule has 13 heavy (non-hydrogen) atoms. The monoisotopic (exact) mass is 177 g/mol. The summed E-state index contributed by atoms with van der Waals surface area (Å²) in [6.07, 6.45) is -1.34. The highest BCUT2D eigenvalue weighted by Gasteiger charge is 2.02. The van der Waals surface area contributed by atoms with Crippen LogP contribution in [0.4, 0.5) is 4.79 Å². The highest BCUT2D eigenvalue weighted by atomic mass is 16.7. The van der Waals surface area contributed by atoms with Crippen molar-refractivity contribution in [3.8, 4) is 6.07 Å². The van der Waals surface area contributed by atoms with E-state index in [0.29, 0.717) is 11.1 Å². The number of hydrogen-bond acceptors (Lipinski definition) is 3. The summed E-state index contributed by atoms with van der Waals surface area (Å²) in [5.41, 5.74) is 1.01. The molecular weight excluding hydrogens is 170 g/mol. The van der Waals surface area contributed by atoms with Gasteiger partial charge >= 0.3 is 6.16 Å². The van der Waals surface area contributed by atoms with Gasteiger partial charge in [0.15, 0.2) is 0 Å². The van der Waals surface area contributed by atoms with Crippen molar-refractivity contribution in [1.82, 2.24) is 0 Å². The molecule has 1 N–H and O–H groups in total. The van der Waals surface area contributed by atoms with Crippen LogP contribution in [0.2, 0.25) is 0 Å². The maximum atomic E-state index is 10.1. The van der Waals surface area contributed by atoms with Gasteiger partial charge < -0.3 is 9.84 Å². The second-order valence-corrected chi connectivity index (χ2v) is 2.32. The third-order valence-corrected chi connectivity index (χ3v) is 1.49. The fourth-order valence-corrected chi connectivity index (χ4v) is 0.895. The Balaban J connectivity index is 2.77. The minimum Gasteiger partial charge on any atom is -0.450 e. The average Bonchev–Trinajstić information content (AvgIpc) is 2.15. The zero-order valence-electron chi connectivity index (χ0n) is 6.73. The Kier molecular flexibility index (Phi) is 2.87. The Hall–Kier alpha value is -2.02. The van der Waals surface area contributed by atoms with E-state index >= 15 is 0 Å². The van der Waals surface area contributed by atoms with Crippen LogP contribution in [-0.4, -0.2) is 11.3 Å². The molecule has 1 rings (SSSR count). The Bertz CT molecular complexity index is 354. The van der Waals surface area contributed by atoms with Crippen LogP contribution in [0, 0.1) is 11.3 Å². The number of rotatable bonds is 2. The lowest BCUT2D eigenvalue weighted by Gasteiger charge is -2.01. The van der Waals surface area contributed by atoms with E-state index < -0.39 is 6.16 Å².